The molecule has 0 aromatic rings. The van der Waals surface area contributed by atoms with Gasteiger partial charge in [-0.15, -0.1) is 0 Å². The quantitative estimate of drug-likeness (QED) is 0.439. The van der Waals surface area contributed by atoms with Crippen molar-refractivity contribution < 1.29 is 0 Å². The van der Waals surface area contributed by atoms with Crippen LogP contribution in [0.25, 0.3) is 0 Å². The lowest BCUT2D eigenvalue weighted by atomic mass is 9.97. The topological polar surface area (TPSA) is 24.4 Å². The second kappa shape index (κ2) is 9.57. The van der Waals surface area contributed by atoms with Crippen molar-refractivity contribution in [1.29, 1.82) is 0 Å². The molecule has 0 fully saturated rings. The third-order valence-corrected chi connectivity index (χ3v) is 3.66. The van der Waals surface area contributed by atoms with Gasteiger partial charge < -0.3 is 5.32 Å². The van der Waals surface area contributed by atoms with E-state index in [4.69, 9.17) is 0 Å². The van der Waals surface area contributed by atoms with E-state index in [1.807, 2.05) is 6.21 Å². The number of unbranched alkanes of at least 4 members (excludes halogenated alkanes) is 1. The molecule has 0 amide bonds. The Kier molecular flexibility index (Phi) is 8.94. The van der Waals surface area contributed by atoms with Gasteiger partial charge in [-0.05, 0) is 37.2 Å². The Bertz CT molecular complexity index is 386. The zero-order chi connectivity index (χ0) is 15.7. The first kappa shape index (κ1) is 18.7. The number of nitrogens with zero attached hydrogens (tertiary/aromatic N) is 1. The van der Waals surface area contributed by atoms with Crippen LogP contribution in [0.1, 0.15) is 60.8 Å². The minimum atomic E-state index is 0.386. The summed E-state index contributed by atoms with van der Waals surface area (Å²) < 4.78 is 0. The van der Waals surface area contributed by atoms with E-state index in [0.717, 1.165) is 36.4 Å². The molecule has 1 N–H and O–H groups in total. The number of rotatable bonds is 9. The summed E-state index contributed by atoms with van der Waals surface area (Å²) in [6.45, 7) is 21.2. The second-order valence-electron chi connectivity index (χ2n) is 5.72. The molecule has 114 valence electrons. The predicted molar refractivity (Wildman–Crippen MR) is 91.8 cm³/mol. The summed E-state index contributed by atoms with van der Waals surface area (Å²) in [5.74, 6) is 0.895. The van der Waals surface area contributed by atoms with Crippen LogP contribution in [-0.2, 0) is 0 Å². The highest BCUT2D eigenvalue weighted by Gasteiger charge is 2.12. The van der Waals surface area contributed by atoms with Gasteiger partial charge in [-0.3, -0.25) is 4.99 Å². The Labute approximate surface area is 125 Å². The van der Waals surface area contributed by atoms with E-state index < -0.39 is 0 Å². The van der Waals surface area contributed by atoms with E-state index in [2.05, 4.69) is 65.0 Å². The van der Waals surface area contributed by atoms with Crippen molar-refractivity contribution in [3.63, 3.8) is 0 Å². The Morgan fingerprint density at radius 3 is 2.25 bits per heavy atom. The van der Waals surface area contributed by atoms with Crippen LogP contribution in [0.5, 0.6) is 0 Å². The molecule has 1 atom stereocenters. The van der Waals surface area contributed by atoms with Crippen molar-refractivity contribution in [2.24, 2.45) is 16.8 Å². The lowest BCUT2D eigenvalue weighted by Crippen LogP contribution is -2.17. The zero-order valence-corrected chi connectivity index (χ0v) is 14.2. The molecule has 0 bridgehead atoms. The molecule has 0 aliphatic rings. The molecular weight excluding hydrogens is 244 g/mol. The van der Waals surface area contributed by atoms with Gasteiger partial charge in [0.25, 0.3) is 0 Å². The Morgan fingerprint density at radius 2 is 1.80 bits per heavy atom. The van der Waals surface area contributed by atoms with Gasteiger partial charge in [0.05, 0.1) is 11.4 Å². The molecule has 2 nitrogen and oxygen atoms in total. The fourth-order valence-electron chi connectivity index (χ4n) is 1.64. The summed E-state index contributed by atoms with van der Waals surface area (Å²) in [6.07, 6.45) is 5.21. The summed E-state index contributed by atoms with van der Waals surface area (Å²) in [5, 5.41) is 3.31. The maximum absolute atomic E-state index is 4.65. The predicted octanol–water partition coefficient (Wildman–Crippen LogP) is 5.45. The molecule has 0 rings (SSSR count). The third kappa shape index (κ3) is 6.23. The molecule has 0 saturated heterocycles. The highest BCUT2D eigenvalue weighted by Crippen LogP contribution is 2.23. The molecule has 0 aromatic carbocycles. The van der Waals surface area contributed by atoms with Crippen LogP contribution in [0.2, 0.25) is 0 Å². The van der Waals surface area contributed by atoms with Crippen molar-refractivity contribution in [2.75, 3.05) is 0 Å². The Balaban J connectivity index is 5.22. The van der Waals surface area contributed by atoms with Crippen LogP contribution in [0.3, 0.4) is 0 Å². The highest BCUT2D eigenvalue weighted by molar-refractivity contribution is 5.60. The average Bonchev–Trinajstić information content (AvgIpc) is 2.41. The number of hydrogen-bond donors (Lipinski definition) is 1. The van der Waals surface area contributed by atoms with E-state index in [1.54, 1.807) is 0 Å². The molecule has 0 radical (unpaired) electrons. The van der Waals surface area contributed by atoms with Crippen LogP contribution >= 0.6 is 0 Å². The van der Waals surface area contributed by atoms with Crippen LogP contribution < -0.4 is 5.32 Å². The summed E-state index contributed by atoms with van der Waals surface area (Å²) in [6, 6.07) is 0. The second-order valence-corrected chi connectivity index (χ2v) is 5.72. The van der Waals surface area contributed by atoms with E-state index >= 15 is 0 Å². The van der Waals surface area contributed by atoms with Gasteiger partial charge in [0, 0.05) is 11.9 Å². The largest absolute Gasteiger partial charge is 0.358 e. The molecule has 0 spiro atoms. The normalized spacial score (nSPS) is 14.3. The van der Waals surface area contributed by atoms with Crippen molar-refractivity contribution in [2.45, 2.75) is 60.8 Å². The number of allylic oxidation sites excluding steroid dienone is 2. The Hall–Kier alpha value is -1.31. The first-order chi connectivity index (χ1) is 9.34. The summed E-state index contributed by atoms with van der Waals surface area (Å²) >= 11 is 0. The lowest BCUT2D eigenvalue weighted by molar-refractivity contribution is 0.643. The summed E-state index contributed by atoms with van der Waals surface area (Å²) in [5.41, 5.74) is 4.10. The van der Waals surface area contributed by atoms with Crippen LogP contribution in [-0.4, -0.2) is 6.21 Å². The van der Waals surface area contributed by atoms with Gasteiger partial charge in [0.1, 0.15) is 0 Å². The smallest absolute Gasteiger partial charge is 0.0846 e. The van der Waals surface area contributed by atoms with Crippen LogP contribution in [0.15, 0.2) is 40.8 Å². The summed E-state index contributed by atoms with van der Waals surface area (Å²) in [7, 11) is 0. The summed E-state index contributed by atoms with van der Waals surface area (Å²) in [4.78, 5) is 4.65. The minimum Gasteiger partial charge on any atom is -0.358 e. The molecule has 2 heteroatoms. The highest BCUT2D eigenvalue weighted by atomic mass is 14.9. The van der Waals surface area contributed by atoms with Crippen LogP contribution in [0.4, 0.5) is 0 Å². The monoisotopic (exact) mass is 276 g/mol. The molecule has 0 aliphatic heterocycles. The van der Waals surface area contributed by atoms with E-state index in [-0.39, 0.29) is 0 Å². The molecule has 20 heavy (non-hydrogen) atoms. The van der Waals surface area contributed by atoms with Gasteiger partial charge in [-0.1, -0.05) is 54.2 Å². The lowest BCUT2D eigenvalue weighted by Gasteiger charge is -2.19. The first-order valence-electron chi connectivity index (χ1n) is 7.73. The maximum Gasteiger partial charge on any atom is 0.0846 e. The SMILES string of the molecule is C=C(NC(=C)C(C)C)C(/N=C\CCC)=C(/C)[C@H](C)CC. The van der Waals surface area contributed by atoms with E-state index in [9.17, 15) is 0 Å². The number of nitrogens with one attached hydrogen (secondary N) is 1. The average molecular weight is 276 g/mol. The number of hydrogen-bond acceptors (Lipinski definition) is 2. The van der Waals surface area contributed by atoms with Crippen molar-refractivity contribution in [1.82, 2.24) is 5.32 Å². The molecule has 0 aromatic heterocycles. The van der Waals surface area contributed by atoms with Gasteiger partial charge in [0.15, 0.2) is 0 Å². The fraction of sp³-hybridized carbons (Fsp3) is 0.611. The fourth-order valence-corrected chi connectivity index (χ4v) is 1.64. The third-order valence-electron chi connectivity index (χ3n) is 3.66. The van der Waals surface area contributed by atoms with Gasteiger partial charge in [-0.25, -0.2) is 0 Å². The van der Waals surface area contributed by atoms with Crippen molar-refractivity contribution >= 4 is 6.21 Å². The minimum absolute atomic E-state index is 0.386. The molecule has 0 unspecified atom stereocenters. The maximum atomic E-state index is 4.65. The molecular formula is C18H32N2. The molecule has 0 aliphatic carbocycles. The van der Waals surface area contributed by atoms with Crippen LogP contribution in [0, 0.1) is 11.8 Å². The van der Waals surface area contributed by atoms with E-state index in [0.29, 0.717) is 11.8 Å². The van der Waals surface area contributed by atoms with Gasteiger partial charge >= 0.3 is 0 Å². The van der Waals surface area contributed by atoms with Crippen molar-refractivity contribution in [3.8, 4) is 0 Å². The van der Waals surface area contributed by atoms with Gasteiger partial charge in [-0.2, -0.15) is 0 Å². The Morgan fingerprint density at radius 1 is 1.20 bits per heavy atom. The number of aliphatic imine (C=N–C) groups is 1. The molecule has 0 heterocycles. The van der Waals surface area contributed by atoms with Gasteiger partial charge in [0.2, 0.25) is 0 Å². The zero-order valence-electron chi connectivity index (χ0n) is 14.2. The first-order valence-corrected chi connectivity index (χ1v) is 7.73. The standard InChI is InChI=1S/C18H32N2/c1-9-11-12-19-18(15(6)14(5)10-2)17(8)20-16(7)13(3)4/h12-14,20H,7-11H2,1-6H3/b18-15+,19-12-/t14-/m1/s1. The molecule has 0 saturated carbocycles. The van der Waals surface area contributed by atoms with E-state index in [1.165, 1.54) is 5.57 Å². The van der Waals surface area contributed by atoms with Crippen molar-refractivity contribution in [3.05, 3.63) is 35.8 Å².